The topological polar surface area (TPSA) is 61.9 Å². The van der Waals surface area contributed by atoms with Gasteiger partial charge in [0.25, 0.3) is 5.56 Å². The average Bonchev–Trinajstić information content (AvgIpc) is 2.50. The molecule has 1 aliphatic rings. The van der Waals surface area contributed by atoms with Gasteiger partial charge in [-0.15, -0.1) is 10.2 Å². The second-order valence-corrected chi connectivity index (χ2v) is 6.58. The number of halogens is 1. The first kappa shape index (κ1) is 15.6. The number of H-pyrrole nitrogens is 1. The zero-order chi connectivity index (χ0) is 16.4. The number of hydrogen-bond donors (Lipinski definition) is 1. The van der Waals surface area contributed by atoms with Gasteiger partial charge in [-0.2, -0.15) is 0 Å². The Hall–Kier alpha value is -2.24. The Bertz CT molecular complexity index is 718. The van der Waals surface area contributed by atoms with Crippen LogP contribution >= 0.6 is 0 Å². The van der Waals surface area contributed by atoms with Crippen LogP contribution in [-0.2, 0) is 6.42 Å². The first-order valence-electron chi connectivity index (χ1n) is 7.96. The molecular formula is C17H21FN4O. The van der Waals surface area contributed by atoms with Gasteiger partial charge in [0, 0.05) is 19.5 Å². The third-order valence-electron chi connectivity index (χ3n) is 4.21. The van der Waals surface area contributed by atoms with E-state index in [-0.39, 0.29) is 11.4 Å². The van der Waals surface area contributed by atoms with Gasteiger partial charge in [-0.05, 0) is 36.0 Å². The van der Waals surface area contributed by atoms with Crippen molar-refractivity contribution in [3.05, 3.63) is 51.7 Å². The van der Waals surface area contributed by atoms with Crippen LogP contribution in [0.3, 0.4) is 0 Å². The minimum atomic E-state index is -0.294. The van der Waals surface area contributed by atoms with E-state index in [2.05, 4.69) is 33.9 Å². The summed E-state index contributed by atoms with van der Waals surface area (Å²) in [5.74, 6) is 1.39. The maximum absolute atomic E-state index is 12.9. The summed E-state index contributed by atoms with van der Waals surface area (Å²) >= 11 is 0. The van der Waals surface area contributed by atoms with Gasteiger partial charge < -0.3 is 4.90 Å². The minimum absolute atomic E-state index is 0.231. The molecule has 2 atom stereocenters. The SMILES string of the molecule is CC1CC(C)CN(c2nnc(Cc3ccc(F)cc3)c(=O)[nH]2)C1. The van der Waals surface area contributed by atoms with Crippen LogP contribution in [-0.4, -0.2) is 28.3 Å². The number of benzene rings is 1. The van der Waals surface area contributed by atoms with Crippen molar-refractivity contribution >= 4 is 5.95 Å². The van der Waals surface area contributed by atoms with Crippen molar-refractivity contribution in [1.82, 2.24) is 15.2 Å². The third-order valence-corrected chi connectivity index (χ3v) is 4.21. The van der Waals surface area contributed by atoms with Crippen LogP contribution in [0, 0.1) is 17.7 Å². The maximum atomic E-state index is 12.9. The average molecular weight is 316 g/mol. The lowest BCUT2D eigenvalue weighted by atomic mass is 9.92. The fourth-order valence-corrected chi connectivity index (χ4v) is 3.24. The van der Waals surface area contributed by atoms with Crippen molar-refractivity contribution in [2.24, 2.45) is 11.8 Å². The number of hydrogen-bond acceptors (Lipinski definition) is 4. The second-order valence-electron chi connectivity index (χ2n) is 6.58. The summed E-state index contributed by atoms with van der Waals surface area (Å²) in [7, 11) is 0. The number of nitrogens with one attached hydrogen (secondary N) is 1. The predicted octanol–water partition coefficient (Wildman–Crippen LogP) is 2.38. The minimum Gasteiger partial charge on any atom is -0.341 e. The number of aromatic amines is 1. The second kappa shape index (κ2) is 6.48. The van der Waals surface area contributed by atoms with E-state index in [4.69, 9.17) is 0 Å². The Balaban J connectivity index is 1.78. The predicted molar refractivity (Wildman–Crippen MR) is 87.0 cm³/mol. The molecule has 1 fully saturated rings. The van der Waals surface area contributed by atoms with E-state index in [9.17, 15) is 9.18 Å². The Morgan fingerprint density at radius 1 is 1.17 bits per heavy atom. The van der Waals surface area contributed by atoms with Crippen molar-refractivity contribution in [2.45, 2.75) is 26.7 Å². The van der Waals surface area contributed by atoms with Gasteiger partial charge in [0.2, 0.25) is 5.95 Å². The van der Waals surface area contributed by atoms with Crippen LogP contribution in [0.2, 0.25) is 0 Å². The molecule has 6 heteroatoms. The van der Waals surface area contributed by atoms with Gasteiger partial charge in [-0.25, -0.2) is 4.39 Å². The van der Waals surface area contributed by atoms with E-state index in [1.165, 1.54) is 18.6 Å². The van der Waals surface area contributed by atoms with E-state index in [0.717, 1.165) is 18.7 Å². The van der Waals surface area contributed by atoms with Crippen molar-refractivity contribution in [3.63, 3.8) is 0 Å². The number of piperidine rings is 1. The van der Waals surface area contributed by atoms with Gasteiger partial charge in [-0.3, -0.25) is 9.78 Å². The molecule has 0 saturated carbocycles. The molecule has 2 aromatic rings. The molecule has 0 spiro atoms. The lowest BCUT2D eigenvalue weighted by Gasteiger charge is -2.34. The normalized spacial score (nSPS) is 21.4. The van der Waals surface area contributed by atoms with E-state index < -0.39 is 0 Å². The molecular weight excluding hydrogens is 295 g/mol. The summed E-state index contributed by atoms with van der Waals surface area (Å²) in [5.41, 5.74) is 0.947. The molecule has 2 unspecified atom stereocenters. The maximum Gasteiger partial charge on any atom is 0.274 e. The van der Waals surface area contributed by atoms with Crippen molar-refractivity contribution < 1.29 is 4.39 Å². The Morgan fingerprint density at radius 3 is 2.43 bits per heavy atom. The molecule has 2 heterocycles. The monoisotopic (exact) mass is 316 g/mol. The van der Waals surface area contributed by atoms with E-state index in [1.54, 1.807) is 12.1 Å². The van der Waals surface area contributed by atoms with Crippen molar-refractivity contribution in [1.29, 1.82) is 0 Å². The highest BCUT2D eigenvalue weighted by atomic mass is 19.1. The Morgan fingerprint density at radius 2 is 1.83 bits per heavy atom. The molecule has 3 rings (SSSR count). The molecule has 1 N–H and O–H groups in total. The third kappa shape index (κ3) is 3.75. The standard InChI is InChI=1S/C17H21FN4O/c1-11-7-12(2)10-22(9-11)17-19-16(23)15(20-21-17)8-13-3-5-14(18)6-4-13/h3-6,11-12H,7-10H2,1-2H3,(H,19,21,23). The highest BCUT2D eigenvalue weighted by Crippen LogP contribution is 2.23. The van der Waals surface area contributed by atoms with Crippen LogP contribution in [0.15, 0.2) is 29.1 Å². The van der Waals surface area contributed by atoms with Crippen LogP contribution in [0.5, 0.6) is 0 Å². The first-order chi connectivity index (χ1) is 11.0. The van der Waals surface area contributed by atoms with Gasteiger partial charge >= 0.3 is 0 Å². The Kier molecular flexibility index (Phi) is 4.41. The zero-order valence-corrected chi connectivity index (χ0v) is 13.4. The molecule has 0 radical (unpaired) electrons. The fraction of sp³-hybridized carbons (Fsp3) is 0.471. The highest BCUT2D eigenvalue weighted by molar-refractivity contribution is 5.30. The number of anilines is 1. The van der Waals surface area contributed by atoms with Crippen LogP contribution in [0.4, 0.5) is 10.3 Å². The van der Waals surface area contributed by atoms with E-state index in [0.29, 0.717) is 29.9 Å². The quantitative estimate of drug-likeness (QED) is 0.944. The number of aromatic nitrogens is 3. The molecule has 122 valence electrons. The smallest absolute Gasteiger partial charge is 0.274 e. The van der Waals surface area contributed by atoms with Gasteiger partial charge in [0.05, 0.1) is 0 Å². The lowest BCUT2D eigenvalue weighted by Crippen LogP contribution is -2.40. The molecule has 1 aromatic carbocycles. The molecule has 0 amide bonds. The molecule has 5 nitrogen and oxygen atoms in total. The molecule has 1 saturated heterocycles. The van der Waals surface area contributed by atoms with Crippen LogP contribution < -0.4 is 10.5 Å². The van der Waals surface area contributed by atoms with E-state index in [1.807, 2.05) is 0 Å². The van der Waals surface area contributed by atoms with Gasteiger partial charge in [0.15, 0.2) is 0 Å². The number of rotatable bonds is 3. The summed E-state index contributed by atoms with van der Waals surface area (Å²) < 4.78 is 12.9. The summed E-state index contributed by atoms with van der Waals surface area (Å²) in [6.45, 7) is 6.17. The lowest BCUT2D eigenvalue weighted by molar-refractivity contribution is 0.352. The van der Waals surface area contributed by atoms with Crippen molar-refractivity contribution in [3.8, 4) is 0 Å². The van der Waals surface area contributed by atoms with Gasteiger partial charge in [-0.1, -0.05) is 26.0 Å². The summed E-state index contributed by atoms with van der Waals surface area (Å²) in [4.78, 5) is 17.2. The summed E-state index contributed by atoms with van der Waals surface area (Å²) in [6.07, 6.45) is 1.53. The summed E-state index contributed by atoms with van der Waals surface area (Å²) in [6, 6.07) is 6.06. The molecule has 23 heavy (non-hydrogen) atoms. The fourth-order valence-electron chi connectivity index (χ4n) is 3.24. The van der Waals surface area contributed by atoms with Crippen LogP contribution in [0.1, 0.15) is 31.5 Å². The first-order valence-corrected chi connectivity index (χ1v) is 7.96. The summed E-state index contributed by atoms with van der Waals surface area (Å²) in [5, 5.41) is 8.28. The molecule has 0 bridgehead atoms. The molecule has 1 aromatic heterocycles. The van der Waals surface area contributed by atoms with E-state index >= 15 is 0 Å². The van der Waals surface area contributed by atoms with Crippen LogP contribution in [0.25, 0.3) is 0 Å². The largest absolute Gasteiger partial charge is 0.341 e. The van der Waals surface area contributed by atoms with Crippen molar-refractivity contribution in [2.75, 3.05) is 18.0 Å². The highest BCUT2D eigenvalue weighted by Gasteiger charge is 2.23. The Labute approximate surface area is 134 Å². The number of nitrogens with zero attached hydrogens (tertiary/aromatic N) is 3. The zero-order valence-electron chi connectivity index (χ0n) is 13.4. The molecule has 1 aliphatic heterocycles. The molecule has 0 aliphatic carbocycles. The van der Waals surface area contributed by atoms with Gasteiger partial charge in [0.1, 0.15) is 11.5 Å².